The molecule has 38 heavy (non-hydrogen) atoms. The number of nitrogens with zero attached hydrogens (tertiary/aromatic N) is 2. The standard InChI is InChI=1S/C26H29Cl2FN2O2.C2H6.CH2O2/c27-19-11-17(12-20(28)13-19)16-30-9-5-21(6-10-30)33-25-15-24(29)23(14-22(25)18-3-4-18)26(32)31-7-1-2-8-31;1-2;2-1-3/h11-15,18,21H,1-10,16H2;1-2H3;1H,(H,2,3). The molecule has 3 fully saturated rings. The van der Waals surface area contributed by atoms with Gasteiger partial charge in [0.05, 0.1) is 5.56 Å². The van der Waals surface area contributed by atoms with Crippen LogP contribution in [0.3, 0.4) is 0 Å². The second-order valence-corrected chi connectivity index (χ2v) is 10.5. The molecule has 5 rings (SSSR count). The fraction of sp³-hybridized carbons (Fsp3) is 0.517. The smallest absolute Gasteiger partial charge is 0.290 e. The lowest BCUT2D eigenvalue weighted by Crippen LogP contribution is -2.38. The molecule has 0 aromatic heterocycles. The van der Waals surface area contributed by atoms with Gasteiger partial charge in [-0.25, -0.2) is 4.39 Å². The number of carboxylic acid groups (broad SMARTS) is 1. The zero-order valence-corrected chi connectivity index (χ0v) is 23.6. The number of likely N-dealkylation sites (tertiary alicyclic amines) is 2. The third-order valence-corrected chi connectivity index (χ3v) is 7.33. The number of carbonyl (C=O) groups is 2. The van der Waals surface area contributed by atoms with E-state index in [9.17, 15) is 9.18 Å². The lowest BCUT2D eigenvalue weighted by molar-refractivity contribution is -0.122. The highest BCUT2D eigenvalue weighted by Gasteiger charge is 2.32. The average molecular weight is 568 g/mol. The second-order valence-electron chi connectivity index (χ2n) is 9.62. The molecule has 2 saturated heterocycles. The number of hydrogen-bond donors (Lipinski definition) is 1. The summed E-state index contributed by atoms with van der Waals surface area (Å²) in [4.78, 5) is 25.3. The highest BCUT2D eigenvalue weighted by atomic mass is 35.5. The number of rotatable bonds is 6. The van der Waals surface area contributed by atoms with Crippen LogP contribution in [-0.2, 0) is 11.3 Å². The van der Waals surface area contributed by atoms with E-state index in [4.69, 9.17) is 37.8 Å². The summed E-state index contributed by atoms with van der Waals surface area (Å²) in [6.07, 6.45) is 5.91. The number of benzene rings is 2. The van der Waals surface area contributed by atoms with Crippen LogP contribution in [0.2, 0.25) is 10.0 Å². The van der Waals surface area contributed by atoms with Gasteiger partial charge in [-0.3, -0.25) is 14.5 Å². The maximum absolute atomic E-state index is 15.0. The van der Waals surface area contributed by atoms with Gasteiger partial charge in [-0.05, 0) is 79.8 Å². The molecule has 208 valence electrons. The maximum atomic E-state index is 15.0. The van der Waals surface area contributed by atoms with E-state index in [1.54, 1.807) is 17.0 Å². The van der Waals surface area contributed by atoms with Crippen LogP contribution >= 0.6 is 23.2 Å². The molecule has 2 aromatic carbocycles. The van der Waals surface area contributed by atoms with Crippen molar-refractivity contribution in [3.63, 3.8) is 0 Å². The SMILES string of the molecule is CC.O=C(c1cc(C2CC2)c(OC2CCN(Cc3cc(Cl)cc(Cl)c3)CC2)cc1F)N1CCCC1.O=CO. The summed E-state index contributed by atoms with van der Waals surface area (Å²) >= 11 is 12.3. The summed E-state index contributed by atoms with van der Waals surface area (Å²) in [6, 6.07) is 8.86. The first-order chi connectivity index (χ1) is 18.4. The lowest BCUT2D eigenvalue weighted by Gasteiger charge is -2.32. The number of piperidine rings is 1. The van der Waals surface area contributed by atoms with Crippen LogP contribution in [0.4, 0.5) is 4.39 Å². The Morgan fingerprint density at radius 1 is 1.00 bits per heavy atom. The zero-order chi connectivity index (χ0) is 27.7. The van der Waals surface area contributed by atoms with Crippen molar-refractivity contribution >= 4 is 35.6 Å². The van der Waals surface area contributed by atoms with E-state index in [2.05, 4.69) is 4.90 Å². The molecule has 0 spiro atoms. The Balaban J connectivity index is 0.000000748. The minimum absolute atomic E-state index is 0.0428. The van der Waals surface area contributed by atoms with Gasteiger partial charge in [-0.1, -0.05) is 37.0 Å². The van der Waals surface area contributed by atoms with E-state index in [-0.39, 0.29) is 24.0 Å². The maximum Gasteiger partial charge on any atom is 0.290 e. The molecule has 0 bridgehead atoms. The average Bonchev–Trinajstić information content (AvgIpc) is 3.58. The van der Waals surface area contributed by atoms with Crippen molar-refractivity contribution in [1.82, 2.24) is 9.80 Å². The number of halogens is 3. The Kier molecular flexibility index (Phi) is 11.7. The quantitative estimate of drug-likeness (QED) is 0.380. The predicted octanol–water partition coefficient (Wildman–Crippen LogP) is 7.02. The highest BCUT2D eigenvalue weighted by Crippen LogP contribution is 2.45. The van der Waals surface area contributed by atoms with Gasteiger partial charge in [0.1, 0.15) is 17.7 Å². The summed E-state index contributed by atoms with van der Waals surface area (Å²) in [6.45, 7) is 7.76. The topological polar surface area (TPSA) is 70.1 Å². The van der Waals surface area contributed by atoms with Crippen LogP contribution in [0, 0.1) is 5.82 Å². The molecular weight excluding hydrogens is 530 g/mol. The summed E-state index contributed by atoms with van der Waals surface area (Å²) in [5.74, 6) is 0.334. The van der Waals surface area contributed by atoms with Crippen LogP contribution in [0.5, 0.6) is 5.75 Å². The molecule has 9 heteroatoms. The van der Waals surface area contributed by atoms with E-state index in [1.807, 2.05) is 26.0 Å². The van der Waals surface area contributed by atoms with Gasteiger partial charge in [0.15, 0.2) is 0 Å². The summed E-state index contributed by atoms with van der Waals surface area (Å²) < 4.78 is 21.3. The number of amides is 1. The summed E-state index contributed by atoms with van der Waals surface area (Å²) in [5, 5.41) is 8.19. The van der Waals surface area contributed by atoms with E-state index in [0.29, 0.717) is 21.7 Å². The van der Waals surface area contributed by atoms with Crippen LogP contribution < -0.4 is 4.74 Å². The number of hydrogen-bond acceptors (Lipinski definition) is 4. The minimum atomic E-state index is -0.471. The van der Waals surface area contributed by atoms with Crippen molar-refractivity contribution in [3.8, 4) is 5.75 Å². The molecule has 2 aliphatic heterocycles. The molecule has 2 aromatic rings. The molecule has 1 amide bonds. The Labute approximate surface area is 234 Å². The molecule has 0 unspecified atom stereocenters. The van der Waals surface area contributed by atoms with Gasteiger partial charge in [-0.15, -0.1) is 0 Å². The molecule has 3 aliphatic rings. The normalized spacial score (nSPS) is 17.7. The van der Waals surface area contributed by atoms with E-state index in [1.165, 1.54) is 6.07 Å². The monoisotopic (exact) mass is 566 g/mol. The first kappa shape index (κ1) is 30.2. The van der Waals surface area contributed by atoms with Crippen molar-refractivity contribution in [2.45, 2.75) is 70.9 Å². The Morgan fingerprint density at radius 3 is 2.13 bits per heavy atom. The van der Waals surface area contributed by atoms with Gasteiger partial charge in [0.2, 0.25) is 0 Å². The van der Waals surface area contributed by atoms with Crippen LogP contribution in [0.15, 0.2) is 30.3 Å². The number of ether oxygens (including phenoxy) is 1. The van der Waals surface area contributed by atoms with Gasteiger partial charge in [0.25, 0.3) is 12.4 Å². The van der Waals surface area contributed by atoms with Gasteiger partial charge in [-0.2, -0.15) is 0 Å². The Morgan fingerprint density at radius 2 is 1.58 bits per heavy atom. The van der Waals surface area contributed by atoms with Gasteiger partial charge < -0.3 is 14.7 Å². The molecule has 2 heterocycles. The fourth-order valence-electron chi connectivity index (χ4n) is 4.97. The summed E-state index contributed by atoms with van der Waals surface area (Å²) in [5.41, 5.74) is 2.29. The second kappa shape index (κ2) is 14.7. The highest BCUT2D eigenvalue weighted by molar-refractivity contribution is 6.34. The first-order valence-corrected chi connectivity index (χ1v) is 14.2. The lowest BCUT2D eigenvalue weighted by atomic mass is 10.0. The van der Waals surface area contributed by atoms with Gasteiger partial charge in [0, 0.05) is 48.8 Å². The molecule has 1 aliphatic carbocycles. The van der Waals surface area contributed by atoms with Crippen LogP contribution in [0.25, 0.3) is 0 Å². The van der Waals surface area contributed by atoms with Crippen molar-refractivity contribution in [3.05, 3.63) is 62.9 Å². The van der Waals surface area contributed by atoms with Crippen molar-refractivity contribution in [2.24, 2.45) is 0 Å². The van der Waals surface area contributed by atoms with Crippen LogP contribution in [-0.4, -0.2) is 59.6 Å². The third kappa shape index (κ3) is 8.32. The third-order valence-electron chi connectivity index (χ3n) is 6.90. The van der Waals surface area contributed by atoms with Gasteiger partial charge >= 0.3 is 0 Å². The Bertz CT molecular complexity index is 1060. The van der Waals surface area contributed by atoms with Crippen molar-refractivity contribution in [1.29, 1.82) is 0 Å². The van der Waals surface area contributed by atoms with Crippen molar-refractivity contribution in [2.75, 3.05) is 26.2 Å². The van der Waals surface area contributed by atoms with E-state index >= 15 is 0 Å². The molecule has 0 radical (unpaired) electrons. The van der Waals surface area contributed by atoms with Crippen molar-refractivity contribution < 1.29 is 23.8 Å². The van der Waals surface area contributed by atoms with Crippen LogP contribution in [0.1, 0.15) is 79.8 Å². The fourth-order valence-corrected chi connectivity index (χ4v) is 5.54. The molecule has 6 nitrogen and oxygen atoms in total. The minimum Gasteiger partial charge on any atom is -0.490 e. The number of carbonyl (C=O) groups excluding carboxylic acids is 1. The first-order valence-electron chi connectivity index (χ1n) is 13.4. The zero-order valence-electron chi connectivity index (χ0n) is 22.1. The predicted molar refractivity (Wildman–Crippen MR) is 149 cm³/mol. The molecular formula is C29H37Cl2FN2O4. The molecule has 0 atom stereocenters. The molecule has 1 N–H and O–H groups in total. The molecule has 1 saturated carbocycles. The summed E-state index contributed by atoms with van der Waals surface area (Å²) in [7, 11) is 0. The van der Waals surface area contributed by atoms with E-state index in [0.717, 1.165) is 82.4 Å². The Hall–Kier alpha value is -2.35. The van der Waals surface area contributed by atoms with E-state index < -0.39 is 5.82 Å². The largest absolute Gasteiger partial charge is 0.490 e.